The van der Waals surface area contributed by atoms with Gasteiger partial charge in [0.2, 0.25) is 11.9 Å². The van der Waals surface area contributed by atoms with E-state index in [9.17, 15) is 4.79 Å². The molecule has 0 aliphatic carbocycles. The standard InChI is InChI=1S/C11H16ClN5O/c1-7(10(18)17-4-2-3-5-17)15-9-8(12)6-14-11(13)16-9/h6-7H,2-5H2,1H3,(H3,13,14,15,16). The summed E-state index contributed by atoms with van der Waals surface area (Å²) in [4.78, 5) is 21.7. The number of anilines is 2. The summed E-state index contributed by atoms with van der Waals surface area (Å²) in [5, 5.41) is 3.33. The molecule has 0 radical (unpaired) electrons. The Morgan fingerprint density at radius 3 is 2.89 bits per heavy atom. The van der Waals surface area contributed by atoms with Crippen LogP contribution in [-0.2, 0) is 4.79 Å². The fraction of sp³-hybridized carbons (Fsp3) is 0.545. The van der Waals surface area contributed by atoms with E-state index in [1.54, 1.807) is 6.92 Å². The number of likely N-dealkylation sites (tertiary alicyclic amines) is 1. The lowest BCUT2D eigenvalue weighted by Gasteiger charge is -2.21. The highest BCUT2D eigenvalue weighted by Gasteiger charge is 2.23. The molecule has 7 heteroatoms. The van der Waals surface area contributed by atoms with Crippen molar-refractivity contribution in [1.29, 1.82) is 0 Å². The molecule has 1 aliphatic rings. The largest absolute Gasteiger partial charge is 0.368 e. The number of amides is 1. The number of hydrogen-bond acceptors (Lipinski definition) is 5. The third-order valence-corrected chi connectivity index (χ3v) is 3.18. The van der Waals surface area contributed by atoms with Crippen LogP contribution in [0.15, 0.2) is 6.20 Å². The quantitative estimate of drug-likeness (QED) is 0.859. The summed E-state index contributed by atoms with van der Waals surface area (Å²) in [5.74, 6) is 0.577. The first-order valence-electron chi connectivity index (χ1n) is 5.91. The lowest BCUT2D eigenvalue weighted by molar-refractivity contribution is -0.130. The maximum absolute atomic E-state index is 12.1. The van der Waals surface area contributed by atoms with Gasteiger partial charge in [-0.05, 0) is 19.8 Å². The number of nitrogen functional groups attached to an aromatic ring is 1. The molecule has 2 heterocycles. The monoisotopic (exact) mass is 269 g/mol. The molecular weight excluding hydrogens is 254 g/mol. The minimum Gasteiger partial charge on any atom is -0.368 e. The van der Waals surface area contributed by atoms with Crippen LogP contribution >= 0.6 is 11.6 Å². The molecule has 1 saturated heterocycles. The Kier molecular flexibility index (Phi) is 3.86. The number of nitrogens with zero attached hydrogens (tertiary/aromatic N) is 3. The van der Waals surface area contributed by atoms with Gasteiger partial charge >= 0.3 is 0 Å². The van der Waals surface area contributed by atoms with Crippen LogP contribution in [0.1, 0.15) is 19.8 Å². The van der Waals surface area contributed by atoms with Gasteiger partial charge in [-0.25, -0.2) is 4.98 Å². The van der Waals surface area contributed by atoms with Crippen molar-refractivity contribution in [2.24, 2.45) is 0 Å². The fourth-order valence-electron chi connectivity index (χ4n) is 1.96. The highest BCUT2D eigenvalue weighted by Crippen LogP contribution is 2.20. The average molecular weight is 270 g/mol. The van der Waals surface area contributed by atoms with E-state index < -0.39 is 0 Å². The summed E-state index contributed by atoms with van der Waals surface area (Å²) in [5.41, 5.74) is 5.49. The molecule has 1 aromatic rings. The van der Waals surface area contributed by atoms with Gasteiger partial charge in [0.1, 0.15) is 11.1 Å². The maximum Gasteiger partial charge on any atom is 0.244 e. The van der Waals surface area contributed by atoms with Crippen LogP contribution in [0.4, 0.5) is 11.8 Å². The number of aromatic nitrogens is 2. The van der Waals surface area contributed by atoms with Crippen LogP contribution in [0, 0.1) is 0 Å². The minimum absolute atomic E-state index is 0.0563. The van der Waals surface area contributed by atoms with E-state index in [4.69, 9.17) is 17.3 Å². The summed E-state index contributed by atoms with van der Waals surface area (Å²) in [6.07, 6.45) is 3.55. The van der Waals surface area contributed by atoms with Gasteiger partial charge in [0.05, 0.1) is 6.20 Å². The maximum atomic E-state index is 12.1. The minimum atomic E-state index is -0.380. The Balaban J connectivity index is 2.03. The van der Waals surface area contributed by atoms with Crippen LogP contribution in [0.2, 0.25) is 5.02 Å². The van der Waals surface area contributed by atoms with Crippen LogP contribution < -0.4 is 11.1 Å². The second-order valence-electron chi connectivity index (χ2n) is 4.32. The summed E-state index contributed by atoms with van der Waals surface area (Å²) in [6, 6.07) is -0.380. The van der Waals surface area contributed by atoms with Crippen LogP contribution in [0.3, 0.4) is 0 Å². The van der Waals surface area contributed by atoms with Crippen molar-refractivity contribution >= 4 is 29.3 Å². The number of rotatable bonds is 3. The van der Waals surface area contributed by atoms with E-state index in [0.29, 0.717) is 10.8 Å². The van der Waals surface area contributed by atoms with E-state index in [1.165, 1.54) is 6.20 Å². The summed E-state index contributed by atoms with van der Waals surface area (Å²) in [6.45, 7) is 3.43. The molecule has 0 spiro atoms. The summed E-state index contributed by atoms with van der Waals surface area (Å²) in [7, 11) is 0. The summed E-state index contributed by atoms with van der Waals surface area (Å²) < 4.78 is 0. The molecule has 1 fully saturated rings. The van der Waals surface area contributed by atoms with E-state index in [1.807, 2.05) is 4.90 Å². The molecule has 3 N–H and O–H groups in total. The molecule has 1 aliphatic heterocycles. The van der Waals surface area contributed by atoms with Gasteiger partial charge < -0.3 is 16.0 Å². The third kappa shape index (κ3) is 2.81. The Hall–Kier alpha value is -1.56. The van der Waals surface area contributed by atoms with Gasteiger partial charge in [-0.15, -0.1) is 0 Å². The molecule has 2 rings (SSSR count). The van der Waals surface area contributed by atoms with Gasteiger partial charge in [0, 0.05) is 13.1 Å². The zero-order chi connectivity index (χ0) is 13.1. The van der Waals surface area contributed by atoms with Crippen molar-refractivity contribution in [3.8, 4) is 0 Å². The Labute approximate surface area is 111 Å². The smallest absolute Gasteiger partial charge is 0.244 e. The molecule has 6 nitrogen and oxygen atoms in total. The molecule has 0 saturated carbocycles. The number of carbonyl (C=O) groups is 1. The van der Waals surface area contributed by atoms with Crippen molar-refractivity contribution in [2.45, 2.75) is 25.8 Å². The zero-order valence-corrected chi connectivity index (χ0v) is 10.9. The topological polar surface area (TPSA) is 84.1 Å². The van der Waals surface area contributed by atoms with Gasteiger partial charge in [-0.3, -0.25) is 4.79 Å². The molecule has 1 unspecified atom stereocenters. The fourth-order valence-corrected chi connectivity index (χ4v) is 2.11. The van der Waals surface area contributed by atoms with Crippen molar-refractivity contribution < 1.29 is 4.79 Å². The predicted octanol–water partition coefficient (Wildman–Crippen LogP) is 1.14. The molecule has 1 atom stereocenters. The lowest BCUT2D eigenvalue weighted by atomic mass is 10.3. The predicted molar refractivity (Wildman–Crippen MR) is 70.4 cm³/mol. The second-order valence-corrected chi connectivity index (χ2v) is 4.73. The Morgan fingerprint density at radius 1 is 1.56 bits per heavy atom. The van der Waals surface area contributed by atoms with Crippen molar-refractivity contribution in [3.05, 3.63) is 11.2 Å². The van der Waals surface area contributed by atoms with Crippen LogP contribution in [0.5, 0.6) is 0 Å². The zero-order valence-electron chi connectivity index (χ0n) is 10.2. The molecule has 1 aromatic heterocycles. The van der Waals surface area contributed by atoms with Crippen molar-refractivity contribution in [3.63, 3.8) is 0 Å². The Bertz CT molecular complexity index is 447. The third-order valence-electron chi connectivity index (χ3n) is 2.90. The summed E-state index contributed by atoms with van der Waals surface area (Å²) >= 11 is 5.94. The second kappa shape index (κ2) is 5.39. The van der Waals surface area contributed by atoms with Crippen LogP contribution in [-0.4, -0.2) is 39.9 Å². The normalized spacial score (nSPS) is 16.7. The molecule has 0 aromatic carbocycles. The van der Waals surface area contributed by atoms with Crippen molar-refractivity contribution in [1.82, 2.24) is 14.9 Å². The number of hydrogen-bond donors (Lipinski definition) is 2. The van der Waals surface area contributed by atoms with Gasteiger partial charge in [0.15, 0.2) is 5.82 Å². The van der Waals surface area contributed by atoms with Gasteiger partial charge in [-0.2, -0.15) is 4.98 Å². The van der Waals surface area contributed by atoms with E-state index in [-0.39, 0.29) is 17.9 Å². The number of carbonyl (C=O) groups excluding carboxylic acids is 1. The lowest BCUT2D eigenvalue weighted by Crippen LogP contribution is -2.39. The van der Waals surface area contributed by atoms with Gasteiger partial charge in [0.25, 0.3) is 0 Å². The van der Waals surface area contributed by atoms with Gasteiger partial charge in [-0.1, -0.05) is 11.6 Å². The van der Waals surface area contributed by atoms with E-state index in [2.05, 4.69) is 15.3 Å². The van der Waals surface area contributed by atoms with Crippen LogP contribution in [0.25, 0.3) is 0 Å². The molecular formula is C11H16ClN5O. The first-order valence-corrected chi connectivity index (χ1v) is 6.29. The number of halogens is 1. The molecule has 98 valence electrons. The number of nitrogens with two attached hydrogens (primary N) is 1. The Morgan fingerprint density at radius 2 is 2.22 bits per heavy atom. The van der Waals surface area contributed by atoms with E-state index >= 15 is 0 Å². The van der Waals surface area contributed by atoms with E-state index in [0.717, 1.165) is 25.9 Å². The highest BCUT2D eigenvalue weighted by molar-refractivity contribution is 6.32. The molecule has 0 bridgehead atoms. The number of nitrogens with one attached hydrogen (secondary N) is 1. The SMILES string of the molecule is CC(Nc1nc(N)ncc1Cl)C(=O)N1CCCC1. The molecule has 18 heavy (non-hydrogen) atoms. The average Bonchev–Trinajstić information content (AvgIpc) is 2.86. The first-order chi connectivity index (χ1) is 8.58. The highest BCUT2D eigenvalue weighted by atomic mass is 35.5. The van der Waals surface area contributed by atoms with Crippen molar-refractivity contribution in [2.75, 3.05) is 24.1 Å². The first kappa shape index (κ1) is 12.9. The molecule has 1 amide bonds.